The number of nitrogens with zero attached hydrogens (tertiary/aromatic N) is 1. The molecule has 0 spiro atoms. The molecule has 1 saturated heterocycles. The average molecular weight is 224 g/mol. The van der Waals surface area contributed by atoms with Crippen molar-refractivity contribution in [3.63, 3.8) is 0 Å². The average Bonchev–Trinajstić information content (AvgIpc) is 2.98. The van der Waals surface area contributed by atoms with E-state index in [1.54, 1.807) is 0 Å². The summed E-state index contributed by atoms with van der Waals surface area (Å²) in [5.41, 5.74) is 0. The molecule has 0 radical (unpaired) electrons. The smallest absolute Gasteiger partial charge is 0.0218 e. The Morgan fingerprint density at radius 2 is 2.12 bits per heavy atom. The van der Waals surface area contributed by atoms with Crippen molar-refractivity contribution < 1.29 is 0 Å². The van der Waals surface area contributed by atoms with Crippen LogP contribution in [0.5, 0.6) is 0 Å². The number of hydrogen-bond acceptors (Lipinski definition) is 2. The van der Waals surface area contributed by atoms with Crippen LogP contribution < -0.4 is 5.32 Å². The first-order valence-electron chi connectivity index (χ1n) is 7.12. The highest BCUT2D eigenvalue weighted by molar-refractivity contribution is 5.00. The summed E-state index contributed by atoms with van der Waals surface area (Å²) in [6.45, 7) is 11.8. The van der Waals surface area contributed by atoms with Crippen LogP contribution >= 0.6 is 0 Å². The fourth-order valence-corrected chi connectivity index (χ4v) is 3.14. The minimum absolute atomic E-state index is 0.707. The van der Waals surface area contributed by atoms with Crippen LogP contribution in [0.4, 0.5) is 0 Å². The molecule has 16 heavy (non-hydrogen) atoms. The molecule has 2 aliphatic rings. The lowest BCUT2D eigenvalue weighted by molar-refractivity contribution is 0.109. The van der Waals surface area contributed by atoms with Crippen LogP contribution in [0.1, 0.15) is 47.0 Å². The van der Waals surface area contributed by atoms with Crippen molar-refractivity contribution in [3.05, 3.63) is 0 Å². The fourth-order valence-electron chi connectivity index (χ4n) is 3.14. The SMILES string of the molecule is CCCC1CC1N1CC(C(C)C)NCC1C. The minimum Gasteiger partial charge on any atom is -0.311 e. The predicted octanol–water partition coefficient (Wildman–Crippen LogP) is 2.49. The van der Waals surface area contributed by atoms with Gasteiger partial charge >= 0.3 is 0 Å². The summed E-state index contributed by atoms with van der Waals surface area (Å²) in [7, 11) is 0. The molecule has 1 N–H and O–H groups in total. The summed E-state index contributed by atoms with van der Waals surface area (Å²) in [5, 5.41) is 3.69. The van der Waals surface area contributed by atoms with Crippen LogP contribution in [-0.4, -0.2) is 36.1 Å². The Morgan fingerprint density at radius 1 is 1.38 bits per heavy atom. The molecule has 0 aromatic rings. The zero-order chi connectivity index (χ0) is 11.7. The van der Waals surface area contributed by atoms with Crippen molar-refractivity contribution in [1.29, 1.82) is 0 Å². The van der Waals surface area contributed by atoms with E-state index in [0.29, 0.717) is 6.04 Å². The highest BCUT2D eigenvalue weighted by atomic mass is 15.3. The number of rotatable bonds is 4. The molecule has 0 aromatic heterocycles. The first kappa shape index (κ1) is 12.4. The third-order valence-corrected chi connectivity index (χ3v) is 4.42. The molecule has 1 aliphatic carbocycles. The van der Waals surface area contributed by atoms with Crippen LogP contribution in [0.2, 0.25) is 0 Å². The van der Waals surface area contributed by atoms with E-state index >= 15 is 0 Å². The lowest BCUT2D eigenvalue weighted by atomic mass is 9.99. The largest absolute Gasteiger partial charge is 0.311 e. The summed E-state index contributed by atoms with van der Waals surface area (Å²) < 4.78 is 0. The first-order chi connectivity index (χ1) is 7.63. The molecule has 0 aromatic carbocycles. The second kappa shape index (κ2) is 5.05. The number of nitrogens with one attached hydrogen (secondary N) is 1. The second-order valence-electron chi connectivity index (χ2n) is 6.16. The number of hydrogen-bond donors (Lipinski definition) is 1. The molecule has 1 aliphatic heterocycles. The zero-order valence-corrected chi connectivity index (χ0v) is 11.4. The highest BCUT2D eigenvalue weighted by Crippen LogP contribution is 2.41. The normalized spacial score (nSPS) is 40.3. The summed E-state index contributed by atoms with van der Waals surface area (Å²) in [6, 6.07) is 2.36. The summed E-state index contributed by atoms with van der Waals surface area (Å²) in [4.78, 5) is 2.78. The van der Waals surface area contributed by atoms with E-state index in [1.165, 1.54) is 32.4 Å². The van der Waals surface area contributed by atoms with Crippen LogP contribution in [0.15, 0.2) is 0 Å². The van der Waals surface area contributed by atoms with Crippen molar-refractivity contribution in [1.82, 2.24) is 10.2 Å². The lowest BCUT2D eigenvalue weighted by Crippen LogP contribution is -2.57. The molecule has 94 valence electrons. The third kappa shape index (κ3) is 2.60. The Bertz CT molecular complexity index is 227. The lowest BCUT2D eigenvalue weighted by Gasteiger charge is -2.41. The van der Waals surface area contributed by atoms with Crippen LogP contribution in [0.25, 0.3) is 0 Å². The summed E-state index contributed by atoms with van der Waals surface area (Å²) in [5.74, 6) is 1.77. The van der Waals surface area contributed by atoms with Gasteiger partial charge in [0.15, 0.2) is 0 Å². The van der Waals surface area contributed by atoms with Gasteiger partial charge in [0.25, 0.3) is 0 Å². The van der Waals surface area contributed by atoms with Crippen molar-refractivity contribution >= 4 is 0 Å². The van der Waals surface area contributed by atoms with E-state index in [1.807, 2.05) is 0 Å². The van der Waals surface area contributed by atoms with Gasteiger partial charge in [0, 0.05) is 31.2 Å². The highest BCUT2D eigenvalue weighted by Gasteiger charge is 2.44. The maximum absolute atomic E-state index is 3.69. The van der Waals surface area contributed by atoms with Crippen LogP contribution in [0.3, 0.4) is 0 Å². The van der Waals surface area contributed by atoms with Gasteiger partial charge in [-0.3, -0.25) is 4.90 Å². The molecular formula is C14H28N2. The molecule has 0 bridgehead atoms. The van der Waals surface area contributed by atoms with E-state index in [-0.39, 0.29) is 0 Å². The van der Waals surface area contributed by atoms with Gasteiger partial charge in [-0.05, 0) is 31.6 Å². The van der Waals surface area contributed by atoms with E-state index in [4.69, 9.17) is 0 Å². The Labute approximate surface area is 101 Å². The van der Waals surface area contributed by atoms with E-state index in [2.05, 4.69) is 37.9 Å². The van der Waals surface area contributed by atoms with Crippen LogP contribution in [-0.2, 0) is 0 Å². The van der Waals surface area contributed by atoms with E-state index < -0.39 is 0 Å². The fraction of sp³-hybridized carbons (Fsp3) is 1.00. The van der Waals surface area contributed by atoms with Gasteiger partial charge in [0.05, 0.1) is 0 Å². The molecule has 2 heteroatoms. The van der Waals surface area contributed by atoms with Gasteiger partial charge in [-0.15, -0.1) is 0 Å². The topological polar surface area (TPSA) is 15.3 Å². The minimum atomic E-state index is 0.707. The zero-order valence-electron chi connectivity index (χ0n) is 11.4. The Morgan fingerprint density at radius 3 is 2.75 bits per heavy atom. The molecule has 4 unspecified atom stereocenters. The predicted molar refractivity (Wildman–Crippen MR) is 69.6 cm³/mol. The molecule has 1 saturated carbocycles. The van der Waals surface area contributed by atoms with E-state index in [9.17, 15) is 0 Å². The van der Waals surface area contributed by atoms with Crippen molar-refractivity contribution in [3.8, 4) is 0 Å². The molecule has 2 fully saturated rings. The maximum atomic E-state index is 3.69. The van der Waals surface area contributed by atoms with Gasteiger partial charge < -0.3 is 5.32 Å². The third-order valence-electron chi connectivity index (χ3n) is 4.42. The second-order valence-corrected chi connectivity index (χ2v) is 6.16. The van der Waals surface area contributed by atoms with Gasteiger partial charge in [-0.25, -0.2) is 0 Å². The monoisotopic (exact) mass is 224 g/mol. The summed E-state index contributed by atoms with van der Waals surface area (Å²) in [6.07, 6.45) is 4.26. The molecule has 1 heterocycles. The van der Waals surface area contributed by atoms with Crippen molar-refractivity contribution in [2.24, 2.45) is 11.8 Å². The molecule has 2 rings (SSSR count). The first-order valence-corrected chi connectivity index (χ1v) is 7.12. The Hall–Kier alpha value is -0.0800. The van der Waals surface area contributed by atoms with Gasteiger partial charge in [0.2, 0.25) is 0 Å². The van der Waals surface area contributed by atoms with Crippen LogP contribution in [0, 0.1) is 11.8 Å². The molecule has 4 atom stereocenters. The number of piperazine rings is 1. The standard InChI is InChI=1S/C14H28N2/c1-5-6-12-7-14(12)16-9-13(10(2)3)15-8-11(16)4/h10-15H,5-9H2,1-4H3. The maximum Gasteiger partial charge on any atom is 0.0218 e. The van der Waals surface area contributed by atoms with E-state index in [0.717, 1.165) is 23.9 Å². The molecule has 2 nitrogen and oxygen atoms in total. The quantitative estimate of drug-likeness (QED) is 0.789. The van der Waals surface area contributed by atoms with Gasteiger partial charge in [0.1, 0.15) is 0 Å². The Balaban J connectivity index is 1.88. The Kier molecular flexibility index (Phi) is 3.91. The summed E-state index contributed by atoms with van der Waals surface area (Å²) >= 11 is 0. The van der Waals surface area contributed by atoms with Crippen molar-refractivity contribution in [2.45, 2.75) is 65.1 Å². The van der Waals surface area contributed by atoms with Crippen molar-refractivity contribution in [2.75, 3.05) is 13.1 Å². The molecule has 0 amide bonds. The van der Waals surface area contributed by atoms with Gasteiger partial charge in [-0.1, -0.05) is 27.2 Å². The molecular weight excluding hydrogens is 196 g/mol. The van der Waals surface area contributed by atoms with Gasteiger partial charge in [-0.2, -0.15) is 0 Å².